The number of rotatable bonds is 5. The molecule has 4 aromatic heterocycles. The Kier molecular flexibility index (Phi) is 7.37. The van der Waals surface area contributed by atoms with Gasteiger partial charge in [-0.1, -0.05) is 134 Å². The molecule has 0 aliphatic heterocycles. The standard InChI is InChI=1S/C52H33N3O2S/c1-30-20-26-36-37-14-7-16-40(49(37)57-44(36)28-30)52-54-50(33-23-21-32(22-24-33)31-10-3-2-4-11-31)53-51(55-52)39-15-8-17-43-47(39)41-29-34(25-27-42(41)56-43)35-13-9-19-46-48(35)38-12-5-6-18-45(38)58-46/h2-27,29-30H,28H2,1H3. The van der Waals surface area contributed by atoms with E-state index in [2.05, 4.69) is 153 Å². The molecule has 0 amide bonds. The van der Waals surface area contributed by atoms with Crippen molar-refractivity contribution in [2.75, 3.05) is 0 Å². The van der Waals surface area contributed by atoms with Crippen molar-refractivity contribution in [2.45, 2.75) is 13.3 Å². The molecule has 58 heavy (non-hydrogen) atoms. The average Bonchev–Trinajstić information content (AvgIpc) is 3.97. The lowest BCUT2D eigenvalue weighted by atomic mass is 9.95. The minimum absolute atomic E-state index is 0.411. The molecule has 1 unspecified atom stereocenters. The van der Waals surface area contributed by atoms with Crippen LogP contribution >= 0.6 is 11.3 Å². The Morgan fingerprint density at radius 2 is 1.17 bits per heavy atom. The van der Waals surface area contributed by atoms with Crippen LogP contribution in [0.5, 0.6) is 0 Å². The first kappa shape index (κ1) is 33.0. The molecule has 12 rings (SSSR count). The van der Waals surface area contributed by atoms with Gasteiger partial charge in [0.25, 0.3) is 0 Å². The molecular formula is C52H33N3O2S. The molecule has 11 aromatic rings. The quantitative estimate of drug-likeness (QED) is 0.175. The minimum atomic E-state index is 0.411. The molecule has 6 heteroatoms. The molecule has 0 saturated heterocycles. The van der Waals surface area contributed by atoms with Crippen LogP contribution in [-0.2, 0) is 6.42 Å². The van der Waals surface area contributed by atoms with Crippen molar-refractivity contribution < 1.29 is 8.83 Å². The SMILES string of the molecule is CC1C=Cc2c(oc3c(-c4nc(-c5ccc(-c6ccccc6)cc5)nc(-c5cccc6oc7ccc(-c8cccc9sc%10ccccc%10c89)cc7c56)n4)cccc23)C1. The second-order valence-corrected chi connectivity index (χ2v) is 16.3. The summed E-state index contributed by atoms with van der Waals surface area (Å²) in [6.07, 6.45) is 5.31. The summed E-state index contributed by atoms with van der Waals surface area (Å²) < 4.78 is 15.8. The largest absolute Gasteiger partial charge is 0.460 e. The molecule has 5 nitrogen and oxygen atoms in total. The van der Waals surface area contributed by atoms with E-state index in [1.54, 1.807) is 0 Å². The fraction of sp³-hybridized carbons (Fsp3) is 0.0577. The van der Waals surface area contributed by atoms with E-state index in [9.17, 15) is 0 Å². The van der Waals surface area contributed by atoms with E-state index >= 15 is 0 Å². The van der Waals surface area contributed by atoms with Gasteiger partial charge in [-0.05, 0) is 64.6 Å². The van der Waals surface area contributed by atoms with Gasteiger partial charge in [0, 0.05) is 59.4 Å². The van der Waals surface area contributed by atoms with Crippen molar-refractivity contribution in [1.82, 2.24) is 15.0 Å². The number of thiophene rings is 1. The van der Waals surface area contributed by atoms with Crippen molar-refractivity contribution in [3.05, 3.63) is 169 Å². The van der Waals surface area contributed by atoms with Crippen molar-refractivity contribution in [2.24, 2.45) is 5.92 Å². The predicted molar refractivity (Wildman–Crippen MR) is 239 cm³/mol. The van der Waals surface area contributed by atoms with Crippen molar-refractivity contribution in [1.29, 1.82) is 0 Å². The lowest BCUT2D eigenvalue weighted by Gasteiger charge is -2.10. The fourth-order valence-electron chi connectivity index (χ4n) is 8.70. The van der Waals surface area contributed by atoms with E-state index < -0.39 is 0 Å². The highest BCUT2D eigenvalue weighted by Crippen LogP contribution is 2.44. The summed E-state index contributed by atoms with van der Waals surface area (Å²) in [6, 6.07) is 53.0. The zero-order chi connectivity index (χ0) is 38.3. The van der Waals surface area contributed by atoms with Crippen LogP contribution in [0.3, 0.4) is 0 Å². The smallest absolute Gasteiger partial charge is 0.167 e. The van der Waals surface area contributed by atoms with Gasteiger partial charge in [-0.15, -0.1) is 11.3 Å². The van der Waals surface area contributed by atoms with Gasteiger partial charge in [-0.25, -0.2) is 15.0 Å². The van der Waals surface area contributed by atoms with Crippen molar-refractivity contribution in [3.8, 4) is 56.4 Å². The molecule has 1 atom stereocenters. The van der Waals surface area contributed by atoms with Crippen LogP contribution in [-0.4, -0.2) is 15.0 Å². The zero-order valence-electron chi connectivity index (χ0n) is 31.4. The highest BCUT2D eigenvalue weighted by Gasteiger charge is 2.24. The van der Waals surface area contributed by atoms with E-state index in [4.69, 9.17) is 23.8 Å². The van der Waals surface area contributed by atoms with Gasteiger partial charge in [0.2, 0.25) is 0 Å². The number of furan rings is 2. The first-order chi connectivity index (χ1) is 28.6. The third kappa shape index (κ3) is 5.26. The number of allylic oxidation sites excluding steroid dienone is 1. The molecule has 4 heterocycles. The summed E-state index contributed by atoms with van der Waals surface area (Å²) in [5, 5.41) is 5.59. The number of para-hydroxylation sites is 1. The van der Waals surface area contributed by atoms with Crippen molar-refractivity contribution >= 4 is 70.5 Å². The van der Waals surface area contributed by atoms with E-state index in [1.165, 1.54) is 25.7 Å². The number of fused-ring (bicyclic) bond motifs is 9. The third-order valence-electron chi connectivity index (χ3n) is 11.5. The molecular weight excluding hydrogens is 731 g/mol. The molecule has 274 valence electrons. The van der Waals surface area contributed by atoms with Crippen LogP contribution in [0, 0.1) is 5.92 Å². The third-order valence-corrected chi connectivity index (χ3v) is 12.6. The molecule has 0 fully saturated rings. The number of hydrogen-bond donors (Lipinski definition) is 0. The maximum atomic E-state index is 6.66. The van der Waals surface area contributed by atoms with Gasteiger partial charge < -0.3 is 8.83 Å². The first-order valence-electron chi connectivity index (χ1n) is 19.6. The first-order valence-corrected chi connectivity index (χ1v) is 20.5. The molecule has 0 saturated carbocycles. The van der Waals surface area contributed by atoms with Gasteiger partial charge in [0.05, 0.1) is 5.56 Å². The summed E-state index contributed by atoms with van der Waals surface area (Å²) in [4.78, 5) is 15.7. The van der Waals surface area contributed by atoms with Gasteiger partial charge in [0.15, 0.2) is 17.5 Å². The van der Waals surface area contributed by atoms with Gasteiger partial charge in [-0.2, -0.15) is 0 Å². The monoisotopic (exact) mass is 763 g/mol. The maximum absolute atomic E-state index is 6.66. The summed E-state index contributed by atoms with van der Waals surface area (Å²) in [7, 11) is 0. The Labute approximate surface area is 337 Å². The molecule has 0 N–H and O–H groups in total. The summed E-state index contributed by atoms with van der Waals surface area (Å²) in [5.74, 6) is 3.12. The average molecular weight is 764 g/mol. The van der Waals surface area contributed by atoms with Crippen LogP contribution in [0.1, 0.15) is 18.2 Å². The Morgan fingerprint density at radius 3 is 2.07 bits per heavy atom. The molecule has 0 bridgehead atoms. The number of aromatic nitrogens is 3. The summed E-state index contributed by atoms with van der Waals surface area (Å²) >= 11 is 1.83. The number of benzene rings is 7. The van der Waals surface area contributed by atoms with Crippen molar-refractivity contribution in [3.63, 3.8) is 0 Å². The molecule has 0 spiro atoms. The Morgan fingerprint density at radius 1 is 0.500 bits per heavy atom. The van der Waals surface area contributed by atoms with Gasteiger partial charge >= 0.3 is 0 Å². The second-order valence-electron chi connectivity index (χ2n) is 15.2. The molecule has 1 aliphatic carbocycles. The minimum Gasteiger partial charge on any atom is -0.460 e. The Balaban J connectivity index is 1.07. The predicted octanol–water partition coefficient (Wildman–Crippen LogP) is 14.4. The Hall–Kier alpha value is -7.15. The summed E-state index contributed by atoms with van der Waals surface area (Å²) in [5.41, 5.74) is 10.7. The van der Waals surface area contributed by atoms with Crippen LogP contribution in [0.15, 0.2) is 167 Å². The van der Waals surface area contributed by atoms with Crippen LogP contribution in [0.25, 0.3) is 116 Å². The summed E-state index contributed by atoms with van der Waals surface area (Å²) in [6.45, 7) is 2.22. The molecule has 1 aliphatic rings. The molecule has 7 aromatic carbocycles. The number of hydrogen-bond acceptors (Lipinski definition) is 6. The van der Waals surface area contributed by atoms with Crippen LogP contribution in [0.4, 0.5) is 0 Å². The van der Waals surface area contributed by atoms with E-state index in [1.807, 2.05) is 29.5 Å². The molecule has 0 radical (unpaired) electrons. The number of nitrogens with zero attached hydrogens (tertiary/aromatic N) is 3. The highest BCUT2D eigenvalue weighted by molar-refractivity contribution is 7.25. The lowest BCUT2D eigenvalue weighted by Crippen LogP contribution is -2.00. The highest BCUT2D eigenvalue weighted by atomic mass is 32.1. The van der Waals surface area contributed by atoms with Crippen LogP contribution in [0.2, 0.25) is 0 Å². The van der Waals surface area contributed by atoms with Crippen LogP contribution < -0.4 is 0 Å². The van der Waals surface area contributed by atoms with E-state index in [0.717, 1.165) is 84.0 Å². The fourth-order valence-corrected chi connectivity index (χ4v) is 9.84. The topological polar surface area (TPSA) is 65.0 Å². The van der Waals surface area contributed by atoms with E-state index in [-0.39, 0.29) is 0 Å². The normalized spacial score (nSPS) is 14.0. The van der Waals surface area contributed by atoms with Gasteiger partial charge in [0.1, 0.15) is 22.5 Å². The second kappa shape index (κ2) is 12.9. The zero-order valence-corrected chi connectivity index (χ0v) is 32.3. The lowest BCUT2D eigenvalue weighted by molar-refractivity contribution is 0.514. The van der Waals surface area contributed by atoms with E-state index in [0.29, 0.717) is 23.4 Å². The Bertz CT molecular complexity index is 3450. The van der Waals surface area contributed by atoms with Gasteiger partial charge in [-0.3, -0.25) is 0 Å². The maximum Gasteiger partial charge on any atom is 0.167 e.